The molecule has 0 amide bonds. The zero-order chi connectivity index (χ0) is 42.8. The van der Waals surface area contributed by atoms with Crippen LogP contribution in [0.1, 0.15) is 155 Å². The molecule has 0 aliphatic rings. The number of carbonyl (C=O) groups excluding carboxylic acids is 2. The lowest BCUT2D eigenvalue weighted by atomic mass is 10.1. The number of nitrogens with zero attached hydrogens (tertiary/aromatic N) is 1. The van der Waals surface area contributed by atoms with E-state index < -0.39 is 32.5 Å². The molecule has 0 aromatic carbocycles. The van der Waals surface area contributed by atoms with Crippen molar-refractivity contribution in [3.63, 3.8) is 0 Å². The van der Waals surface area contributed by atoms with Gasteiger partial charge in [0.2, 0.25) is 0 Å². The van der Waals surface area contributed by atoms with Crippen LogP contribution in [0.2, 0.25) is 0 Å². The molecule has 0 rings (SSSR count). The summed E-state index contributed by atoms with van der Waals surface area (Å²) < 4.78 is 34.2. The summed E-state index contributed by atoms with van der Waals surface area (Å²) in [6.45, 7) is 4.19. The zero-order valence-electron chi connectivity index (χ0n) is 37.2. The average Bonchev–Trinajstić information content (AvgIpc) is 3.17. The van der Waals surface area contributed by atoms with Crippen molar-refractivity contribution in [2.45, 2.75) is 161 Å². The average molecular weight is 833 g/mol. The molecule has 0 radical (unpaired) electrons. The zero-order valence-corrected chi connectivity index (χ0v) is 38.1. The van der Waals surface area contributed by atoms with Crippen LogP contribution < -0.4 is 0 Å². The van der Waals surface area contributed by atoms with Crippen molar-refractivity contribution in [3.05, 3.63) is 85.1 Å². The Labute approximate surface area is 354 Å². The number of likely N-dealkylation sites (N-methyl/N-ethyl adjacent to an activating group) is 1. The predicted molar refractivity (Wildman–Crippen MR) is 242 cm³/mol. The second kappa shape index (κ2) is 39.6. The molecule has 0 aromatic rings. The third kappa shape index (κ3) is 42.8. The number of esters is 2. The van der Waals surface area contributed by atoms with Crippen LogP contribution in [0.3, 0.4) is 0 Å². The third-order valence-corrected chi connectivity index (χ3v) is 9.91. The van der Waals surface area contributed by atoms with Gasteiger partial charge in [-0.25, -0.2) is 4.57 Å². The summed E-state index contributed by atoms with van der Waals surface area (Å²) >= 11 is 0. The van der Waals surface area contributed by atoms with E-state index in [-0.39, 0.29) is 26.1 Å². The number of ether oxygens (including phenoxy) is 2. The van der Waals surface area contributed by atoms with E-state index in [0.29, 0.717) is 23.9 Å². The number of phosphoric ester groups is 1. The molecule has 0 saturated heterocycles. The van der Waals surface area contributed by atoms with Gasteiger partial charge in [0, 0.05) is 12.8 Å². The molecular formula is C48H83NO8P+. The largest absolute Gasteiger partial charge is 0.472 e. The molecule has 1 N–H and O–H groups in total. The van der Waals surface area contributed by atoms with Gasteiger partial charge in [0.05, 0.1) is 27.7 Å². The molecule has 2 atom stereocenters. The number of hydrogen-bond donors (Lipinski definition) is 1. The Kier molecular flexibility index (Phi) is 37.7. The van der Waals surface area contributed by atoms with Gasteiger partial charge in [-0.05, 0) is 77.0 Å². The van der Waals surface area contributed by atoms with E-state index in [0.717, 1.165) is 70.6 Å². The van der Waals surface area contributed by atoms with Gasteiger partial charge in [-0.3, -0.25) is 18.6 Å². The predicted octanol–water partition coefficient (Wildman–Crippen LogP) is 12.8. The number of quaternary nitrogens is 1. The topological polar surface area (TPSA) is 108 Å². The lowest BCUT2D eigenvalue weighted by Gasteiger charge is -2.24. The molecule has 0 fully saturated rings. The maximum atomic E-state index is 12.7. The fourth-order valence-corrected chi connectivity index (χ4v) is 6.19. The smallest absolute Gasteiger partial charge is 0.462 e. The first-order valence-electron chi connectivity index (χ1n) is 22.3. The Morgan fingerprint density at radius 2 is 1.02 bits per heavy atom. The van der Waals surface area contributed by atoms with Crippen LogP contribution in [0.5, 0.6) is 0 Å². The Bertz CT molecular complexity index is 1260. The van der Waals surface area contributed by atoms with E-state index in [2.05, 4.69) is 86.8 Å². The Hall–Kier alpha value is -2.81. The maximum absolute atomic E-state index is 12.7. The molecule has 332 valence electrons. The van der Waals surface area contributed by atoms with Gasteiger partial charge < -0.3 is 18.9 Å². The SMILES string of the molecule is CC/C=C\C/C=C\C/C=C\C/C=C\C/C=C\C/C=C\CCC(=O)OC[C@H](COP(=O)(O)OCC[N+](C)(C)C)OC(=O)CCCCCCC/C=C\CCCCCCCC. The highest BCUT2D eigenvalue weighted by molar-refractivity contribution is 7.47. The monoisotopic (exact) mass is 833 g/mol. The maximum Gasteiger partial charge on any atom is 0.472 e. The summed E-state index contributed by atoms with van der Waals surface area (Å²) in [5.41, 5.74) is 0. The quantitative estimate of drug-likeness (QED) is 0.0214. The molecule has 0 heterocycles. The van der Waals surface area contributed by atoms with Gasteiger partial charge in [-0.1, -0.05) is 150 Å². The number of carbonyl (C=O) groups is 2. The van der Waals surface area contributed by atoms with Crippen LogP contribution in [-0.2, 0) is 32.7 Å². The van der Waals surface area contributed by atoms with Crippen LogP contribution in [-0.4, -0.2) is 74.9 Å². The van der Waals surface area contributed by atoms with Crippen molar-refractivity contribution in [3.8, 4) is 0 Å². The van der Waals surface area contributed by atoms with Gasteiger partial charge in [-0.2, -0.15) is 0 Å². The molecule has 0 aliphatic carbocycles. The minimum atomic E-state index is -4.40. The van der Waals surface area contributed by atoms with Gasteiger partial charge in [0.15, 0.2) is 6.10 Å². The van der Waals surface area contributed by atoms with E-state index in [1.165, 1.54) is 44.9 Å². The number of hydrogen-bond acceptors (Lipinski definition) is 7. The van der Waals surface area contributed by atoms with Crippen LogP contribution >= 0.6 is 7.82 Å². The summed E-state index contributed by atoms with van der Waals surface area (Å²) in [4.78, 5) is 35.3. The Morgan fingerprint density at radius 1 is 0.552 bits per heavy atom. The number of phosphoric acid groups is 1. The van der Waals surface area contributed by atoms with Crippen molar-refractivity contribution >= 4 is 19.8 Å². The molecule has 0 spiro atoms. The molecule has 10 heteroatoms. The van der Waals surface area contributed by atoms with Crippen molar-refractivity contribution in [2.24, 2.45) is 0 Å². The second-order valence-electron chi connectivity index (χ2n) is 15.7. The van der Waals surface area contributed by atoms with E-state index in [4.69, 9.17) is 18.5 Å². The molecule has 0 aliphatic heterocycles. The van der Waals surface area contributed by atoms with Gasteiger partial charge in [-0.15, -0.1) is 0 Å². The van der Waals surface area contributed by atoms with Crippen molar-refractivity contribution < 1.29 is 42.1 Å². The molecule has 58 heavy (non-hydrogen) atoms. The molecular weight excluding hydrogens is 750 g/mol. The van der Waals surface area contributed by atoms with E-state index in [1.54, 1.807) is 0 Å². The normalized spacial score (nSPS) is 14.4. The highest BCUT2D eigenvalue weighted by Gasteiger charge is 2.27. The van der Waals surface area contributed by atoms with Crippen molar-refractivity contribution in [1.29, 1.82) is 0 Å². The standard InChI is InChI=1S/C48H82NO8P/c1-6-8-10-12-14-16-18-20-22-23-24-25-27-28-30-32-34-36-38-40-47(50)54-44-46(45-56-58(52,53)55-43-42-49(3,4)5)57-48(51)41-39-37-35-33-31-29-26-21-19-17-15-13-11-9-7-2/h8,10,14,16,20-22,24-26,28,30,34,36,46H,6-7,9,11-13,15,17-19,23,27,29,31-33,35,37-45H2,1-5H3/p+1/b10-8-,16-14-,22-20-,25-24-,26-21-,30-28-,36-34-/t46-/m1/s1. The highest BCUT2D eigenvalue weighted by Crippen LogP contribution is 2.43. The summed E-state index contributed by atoms with van der Waals surface area (Å²) in [7, 11) is 1.42. The minimum absolute atomic E-state index is 0.0147. The molecule has 0 bridgehead atoms. The van der Waals surface area contributed by atoms with Crippen LogP contribution in [0.4, 0.5) is 0 Å². The fourth-order valence-electron chi connectivity index (χ4n) is 5.44. The van der Waals surface area contributed by atoms with Crippen molar-refractivity contribution in [1.82, 2.24) is 0 Å². The number of rotatable bonds is 39. The lowest BCUT2D eigenvalue weighted by molar-refractivity contribution is -0.870. The summed E-state index contributed by atoms with van der Waals surface area (Å²) in [5, 5.41) is 0. The summed E-state index contributed by atoms with van der Waals surface area (Å²) in [5.74, 6) is -0.914. The molecule has 0 aromatic heterocycles. The lowest BCUT2D eigenvalue weighted by Crippen LogP contribution is -2.37. The number of unbranched alkanes of at least 4 members (excludes halogenated alkanes) is 11. The minimum Gasteiger partial charge on any atom is -0.462 e. The van der Waals surface area contributed by atoms with Gasteiger partial charge >= 0.3 is 19.8 Å². The first-order chi connectivity index (χ1) is 28.0. The molecule has 9 nitrogen and oxygen atoms in total. The first kappa shape index (κ1) is 55.2. The molecule has 1 unspecified atom stereocenters. The van der Waals surface area contributed by atoms with Crippen LogP contribution in [0.25, 0.3) is 0 Å². The second-order valence-corrected chi connectivity index (χ2v) is 17.1. The van der Waals surface area contributed by atoms with E-state index in [9.17, 15) is 19.0 Å². The van der Waals surface area contributed by atoms with Crippen molar-refractivity contribution in [2.75, 3.05) is 47.5 Å². The van der Waals surface area contributed by atoms with E-state index in [1.807, 2.05) is 33.3 Å². The Balaban J connectivity index is 4.50. The van der Waals surface area contributed by atoms with E-state index >= 15 is 0 Å². The number of allylic oxidation sites excluding steroid dienone is 14. The van der Waals surface area contributed by atoms with Crippen LogP contribution in [0.15, 0.2) is 85.1 Å². The third-order valence-electron chi connectivity index (χ3n) is 8.92. The highest BCUT2D eigenvalue weighted by atomic mass is 31.2. The molecule has 0 saturated carbocycles. The first-order valence-corrected chi connectivity index (χ1v) is 23.8. The Morgan fingerprint density at radius 3 is 1.53 bits per heavy atom. The summed E-state index contributed by atoms with van der Waals surface area (Å²) in [6.07, 6.45) is 50.7. The van der Waals surface area contributed by atoms with Gasteiger partial charge in [0.25, 0.3) is 0 Å². The summed E-state index contributed by atoms with van der Waals surface area (Å²) in [6, 6.07) is 0. The van der Waals surface area contributed by atoms with Gasteiger partial charge in [0.1, 0.15) is 19.8 Å². The fraction of sp³-hybridized carbons (Fsp3) is 0.667. The van der Waals surface area contributed by atoms with Crippen LogP contribution in [0, 0.1) is 0 Å².